The Morgan fingerprint density at radius 1 is 1.11 bits per heavy atom. The number of carbonyl (C=O) groups is 2. The second-order valence-corrected chi connectivity index (χ2v) is 8.63. The number of nitrogens with one attached hydrogen (secondary N) is 1. The maximum atomic E-state index is 13.5. The summed E-state index contributed by atoms with van der Waals surface area (Å²) in [6, 6.07) is 4.96. The molecule has 1 aliphatic heterocycles. The van der Waals surface area contributed by atoms with Gasteiger partial charge in [0.25, 0.3) is 0 Å². The standard InChI is InChI=1S/C20H26Cl2N2O4/c21-15-5-4-13(12-16(15)22)17(20(28)8-2-1-3-9-20)18(25)24-10-6-14(7-11-24)23-19(26)27/h4-5,12,14,17,23,28H,1-3,6-11H2,(H,26,27). The van der Waals surface area contributed by atoms with Gasteiger partial charge in [-0.15, -0.1) is 0 Å². The maximum absolute atomic E-state index is 13.5. The summed E-state index contributed by atoms with van der Waals surface area (Å²) in [7, 11) is 0. The molecule has 154 valence electrons. The highest BCUT2D eigenvalue weighted by atomic mass is 35.5. The number of carbonyl (C=O) groups excluding carboxylic acids is 1. The highest BCUT2D eigenvalue weighted by molar-refractivity contribution is 6.42. The predicted molar refractivity (Wildman–Crippen MR) is 108 cm³/mol. The molecule has 1 saturated carbocycles. The molecule has 3 N–H and O–H groups in total. The summed E-state index contributed by atoms with van der Waals surface area (Å²) < 4.78 is 0. The molecule has 1 saturated heterocycles. The smallest absolute Gasteiger partial charge is 0.404 e. The van der Waals surface area contributed by atoms with Gasteiger partial charge in [-0.3, -0.25) is 4.79 Å². The van der Waals surface area contributed by atoms with E-state index in [9.17, 15) is 14.7 Å². The minimum Gasteiger partial charge on any atom is -0.465 e. The number of nitrogens with zero attached hydrogens (tertiary/aromatic N) is 1. The molecule has 0 aromatic heterocycles. The third-order valence-corrected chi connectivity index (χ3v) is 6.65. The van der Waals surface area contributed by atoms with Crippen LogP contribution in [0.2, 0.25) is 10.0 Å². The van der Waals surface area contributed by atoms with Crippen molar-refractivity contribution in [2.45, 2.75) is 62.5 Å². The lowest BCUT2D eigenvalue weighted by Crippen LogP contribution is -2.52. The molecule has 1 aromatic rings. The minimum atomic E-state index is -1.11. The lowest BCUT2D eigenvalue weighted by molar-refractivity contribution is -0.142. The summed E-state index contributed by atoms with van der Waals surface area (Å²) in [5.41, 5.74) is -0.433. The van der Waals surface area contributed by atoms with Crippen molar-refractivity contribution in [1.29, 1.82) is 0 Å². The molecule has 1 aromatic carbocycles. The van der Waals surface area contributed by atoms with E-state index in [4.69, 9.17) is 28.3 Å². The molecule has 8 heteroatoms. The van der Waals surface area contributed by atoms with Gasteiger partial charge in [0.05, 0.1) is 21.6 Å². The molecule has 2 fully saturated rings. The van der Waals surface area contributed by atoms with Gasteiger partial charge in [-0.25, -0.2) is 4.79 Å². The van der Waals surface area contributed by atoms with Crippen molar-refractivity contribution in [3.05, 3.63) is 33.8 Å². The van der Waals surface area contributed by atoms with Gasteiger partial charge in [0, 0.05) is 19.1 Å². The van der Waals surface area contributed by atoms with Crippen LogP contribution in [0.3, 0.4) is 0 Å². The Morgan fingerprint density at radius 3 is 2.32 bits per heavy atom. The summed E-state index contributed by atoms with van der Waals surface area (Å²) in [6.45, 7) is 0.912. The van der Waals surface area contributed by atoms with Crippen molar-refractivity contribution in [1.82, 2.24) is 10.2 Å². The molecule has 1 heterocycles. The zero-order valence-corrected chi connectivity index (χ0v) is 17.2. The molecule has 2 amide bonds. The Labute approximate surface area is 174 Å². The molecule has 2 aliphatic rings. The number of hydrogen-bond acceptors (Lipinski definition) is 3. The molecular weight excluding hydrogens is 403 g/mol. The predicted octanol–water partition coefficient (Wildman–Crippen LogP) is 4.03. The van der Waals surface area contributed by atoms with E-state index < -0.39 is 17.6 Å². The van der Waals surface area contributed by atoms with Gasteiger partial charge in [0.15, 0.2) is 0 Å². The molecule has 0 bridgehead atoms. The molecule has 3 rings (SSSR count). The monoisotopic (exact) mass is 428 g/mol. The number of piperidine rings is 1. The summed E-state index contributed by atoms with van der Waals surface area (Å²) in [5.74, 6) is -0.830. The van der Waals surface area contributed by atoms with Gasteiger partial charge in [-0.2, -0.15) is 0 Å². The average molecular weight is 429 g/mol. The molecule has 1 aliphatic carbocycles. The summed E-state index contributed by atoms with van der Waals surface area (Å²) in [6.07, 6.45) is 4.03. The fraction of sp³-hybridized carbons (Fsp3) is 0.600. The third-order valence-electron chi connectivity index (χ3n) is 5.91. The van der Waals surface area contributed by atoms with Gasteiger partial charge in [0.1, 0.15) is 0 Å². The number of rotatable bonds is 4. The number of amides is 2. The number of carboxylic acid groups (broad SMARTS) is 1. The van der Waals surface area contributed by atoms with Crippen LogP contribution in [-0.4, -0.2) is 51.8 Å². The van der Waals surface area contributed by atoms with Crippen LogP contribution in [0.1, 0.15) is 56.4 Å². The van der Waals surface area contributed by atoms with E-state index in [2.05, 4.69) is 5.32 Å². The molecule has 1 unspecified atom stereocenters. The van der Waals surface area contributed by atoms with Crippen LogP contribution < -0.4 is 5.32 Å². The topological polar surface area (TPSA) is 89.9 Å². The van der Waals surface area contributed by atoms with Crippen LogP contribution in [0.25, 0.3) is 0 Å². The van der Waals surface area contributed by atoms with E-state index in [0.717, 1.165) is 19.3 Å². The SMILES string of the molecule is O=C(O)NC1CCN(C(=O)C(c2ccc(Cl)c(Cl)c2)C2(O)CCCCC2)CC1. The number of halogens is 2. The van der Waals surface area contributed by atoms with Crippen LogP contribution in [0.4, 0.5) is 4.79 Å². The molecular formula is C20H26Cl2N2O4. The van der Waals surface area contributed by atoms with E-state index >= 15 is 0 Å². The van der Waals surface area contributed by atoms with E-state index in [1.54, 1.807) is 23.1 Å². The average Bonchev–Trinajstić information content (AvgIpc) is 2.65. The molecule has 28 heavy (non-hydrogen) atoms. The second kappa shape index (κ2) is 8.89. The third kappa shape index (κ3) is 4.73. The van der Waals surface area contributed by atoms with Crippen molar-refractivity contribution >= 4 is 35.2 Å². The van der Waals surface area contributed by atoms with Crippen LogP contribution in [0.15, 0.2) is 18.2 Å². The fourth-order valence-electron chi connectivity index (χ4n) is 4.43. The molecule has 1 atom stereocenters. The van der Waals surface area contributed by atoms with Crippen molar-refractivity contribution in [2.75, 3.05) is 13.1 Å². The second-order valence-electron chi connectivity index (χ2n) is 7.82. The van der Waals surface area contributed by atoms with E-state index in [1.165, 1.54) is 0 Å². The first-order valence-corrected chi connectivity index (χ1v) is 10.5. The molecule has 0 radical (unpaired) electrons. The Bertz CT molecular complexity index is 729. The van der Waals surface area contributed by atoms with E-state index in [1.807, 2.05) is 0 Å². The lowest BCUT2D eigenvalue weighted by atomic mass is 9.72. The van der Waals surface area contributed by atoms with Gasteiger partial charge >= 0.3 is 6.09 Å². The number of hydrogen-bond donors (Lipinski definition) is 3. The highest BCUT2D eigenvalue weighted by Crippen LogP contribution is 2.42. The Morgan fingerprint density at radius 2 is 1.75 bits per heavy atom. The van der Waals surface area contributed by atoms with Gasteiger partial charge in [0.2, 0.25) is 5.91 Å². The number of benzene rings is 1. The minimum absolute atomic E-state index is 0.128. The van der Waals surface area contributed by atoms with Crippen molar-refractivity contribution in [2.24, 2.45) is 0 Å². The first-order valence-electron chi connectivity index (χ1n) is 9.76. The van der Waals surface area contributed by atoms with E-state index in [0.29, 0.717) is 54.4 Å². The summed E-state index contributed by atoms with van der Waals surface area (Å²) >= 11 is 12.2. The first kappa shape index (κ1) is 21.2. The van der Waals surface area contributed by atoms with Gasteiger partial charge in [-0.05, 0) is 43.4 Å². The van der Waals surface area contributed by atoms with Crippen LogP contribution in [0.5, 0.6) is 0 Å². The quantitative estimate of drug-likeness (QED) is 0.674. The largest absolute Gasteiger partial charge is 0.465 e. The number of likely N-dealkylation sites (tertiary alicyclic amines) is 1. The Hall–Kier alpha value is -1.50. The van der Waals surface area contributed by atoms with Crippen LogP contribution in [0, 0.1) is 0 Å². The Balaban J connectivity index is 1.83. The first-order chi connectivity index (χ1) is 13.3. The van der Waals surface area contributed by atoms with Gasteiger partial charge < -0.3 is 20.4 Å². The maximum Gasteiger partial charge on any atom is 0.404 e. The van der Waals surface area contributed by atoms with Crippen LogP contribution >= 0.6 is 23.2 Å². The zero-order valence-electron chi connectivity index (χ0n) is 15.7. The normalized spacial score (nSPS) is 21.2. The molecule has 6 nitrogen and oxygen atoms in total. The van der Waals surface area contributed by atoms with Gasteiger partial charge in [-0.1, -0.05) is 48.5 Å². The fourth-order valence-corrected chi connectivity index (χ4v) is 4.74. The van der Waals surface area contributed by atoms with Crippen molar-refractivity contribution < 1.29 is 19.8 Å². The Kier molecular flexibility index (Phi) is 6.73. The van der Waals surface area contributed by atoms with E-state index in [-0.39, 0.29) is 11.9 Å². The number of aliphatic hydroxyl groups is 1. The summed E-state index contributed by atoms with van der Waals surface area (Å²) in [5, 5.41) is 23.5. The highest BCUT2D eigenvalue weighted by Gasteiger charge is 2.45. The van der Waals surface area contributed by atoms with Crippen molar-refractivity contribution in [3.8, 4) is 0 Å². The lowest BCUT2D eigenvalue weighted by Gasteiger charge is -2.42. The zero-order chi connectivity index (χ0) is 20.3. The van der Waals surface area contributed by atoms with Crippen molar-refractivity contribution in [3.63, 3.8) is 0 Å². The van der Waals surface area contributed by atoms with Crippen LogP contribution in [-0.2, 0) is 4.79 Å². The summed E-state index contributed by atoms with van der Waals surface area (Å²) in [4.78, 5) is 26.1. The molecule has 0 spiro atoms.